The Balaban J connectivity index is 2.08. The van der Waals surface area contributed by atoms with Gasteiger partial charge in [-0.25, -0.2) is 9.97 Å². The molecule has 1 aliphatic rings. The van der Waals surface area contributed by atoms with E-state index in [0.29, 0.717) is 17.7 Å². The Labute approximate surface area is 95.7 Å². The minimum absolute atomic E-state index is 0.391. The first kappa shape index (κ1) is 10.9. The SMILES string of the molecule is Cc1cc(C#N)nc(NC(C)C2CCC2)n1. The fourth-order valence-corrected chi connectivity index (χ4v) is 1.95. The summed E-state index contributed by atoms with van der Waals surface area (Å²) in [5.74, 6) is 1.31. The molecule has 0 amide bonds. The van der Waals surface area contributed by atoms with Crippen molar-refractivity contribution in [1.82, 2.24) is 9.97 Å². The topological polar surface area (TPSA) is 61.6 Å². The van der Waals surface area contributed by atoms with Crippen LogP contribution < -0.4 is 5.32 Å². The van der Waals surface area contributed by atoms with E-state index in [1.54, 1.807) is 6.07 Å². The number of nitrogens with one attached hydrogen (secondary N) is 1. The number of nitriles is 1. The van der Waals surface area contributed by atoms with Crippen molar-refractivity contribution < 1.29 is 0 Å². The highest BCUT2D eigenvalue weighted by Crippen LogP contribution is 2.30. The second-order valence-corrected chi connectivity index (χ2v) is 4.45. The van der Waals surface area contributed by atoms with Crippen LogP contribution in [0.3, 0.4) is 0 Å². The van der Waals surface area contributed by atoms with Crippen LogP contribution in [0.5, 0.6) is 0 Å². The molecule has 1 aromatic rings. The summed E-state index contributed by atoms with van der Waals surface area (Å²) in [5.41, 5.74) is 1.26. The number of aryl methyl sites for hydroxylation is 1. The minimum Gasteiger partial charge on any atom is -0.351 e. The average molecular weight is 216 g/mol. The third kappa shape index (κ3) is 2.30. The summed E-state index contributed by atoms with van der Waals surface area (Å²) < 4.78 is 0. The minimum atomic E-state index is 0.391. The van der Waals surface area contributed by atoms with Crippen molar-refractivity contribution in [3.05, 3.63) is 17.5 Å². The van der Waals surface area contributed by atoms with E-state index in [4.69, 9.17) is 5.26 Å². The Morgan fingerprint density at radius 2 is 2.25 bits per heavy atom. The largest absolute Gasteiger partial charge is 0.351 e. The molecule has 1 aliphatic carbocycles. The molecule has 1 fully saturated rings. The first-order chi connectivity index (χ1) is 7.69. The van der Waals surface area contributed by atoms with Crippen LogP contribution >= 0.6 is 0 Å². The average Bonchev–Trinajstić information content (AvgIpc) is 2.13. The standard InChI is InChI=1S/C12H16N4/c1-8-6-11(7-13)16-12(14-8)15-9(2)10-4-3-5-10/h6,9-10H,3-5H2,1-2H3,(H,14,15,16). The molecule has 4 heteroatoms. The highest BCUT2D eigenvalue weighted by atomic mass is 15.1. The van der Waals surface area contributed by atoms with Gasteiger partial charge in [0.1, 0.15) is 11.8 Å². The van der Waals surface area contributed by atoms with Crippen LogP contribution in [0.4, 0.5) is 5.95 Å². The fraction of sp³-hybridized carbons (Fsp3) is 0.583. The van der Waals surface area contributed by atoms with Gasteiger partial charge in [0.2, 0.25) is 5.95 Å². The van der Waals surface area contributed by atoms with Crippen molar-refractivity contribution in [2.24, 2.45) is 5.92 Å². The predicted octanol–water partition coefficient (Wildman–Crippen LogP) is 2.26. The zero-order valence-electron chi connectivity index (χ0n) is 9.70. The molecule has 1 heterocycles. The van der Waals surface area contributed by atoms with Crippen LogP contribution in [0, 0.1) is 24.2 Å². The van der Waals surface area contributed by atoms with Gasteiger partial charge < -0.3 is 5.32 Å². The van der Waals surface area contributed by atoms with Crippen LogP contribution in [0.25, 0.3) is 0 Å². The highest BCUT2D eigenvalue weighted by Gasteiger charge is 2.24. The molecule has 1 saturated carbocycles. The molecule has 84 valence electrons. The molecule has 0 aromatic carbocycles. The van der Waals surface area contributed by atoms with Gasteiger partial charge in [-0.15, -0.1) is 0 Å². The van der Waals surface area contributed by atoms with Gasteiger partial charge in [0, 0.05) is 11.7 Å². The Hall–Kier alpha value is -1.63. The summed E-state index contributed by atoms with van der Waals surface area (Å²) in [6.45, 7) is 4.03. The summed E-state index contributed by atoms with van der Waals surface area (Å²) in [7, 11) is 0. The van der Waals surface area contributed by atoms with Crippen molar-refractivity contribution in [3.63, 3.8) is 0 Å². The third-order valence-electron chi connectivity index (χ3n) is 3.18. The van der Waals surface area contributed by atoms with E-state index in [1.807, 2.05) is 13.0 Å². The monoisotopic (exact) mass is 216 g/mol. The van der Waals surface area contributed by atoms with Gasteiger partial charge in [0.05, 0.1) is 0 Å². The van der Waals surface area contributed by atoms with Crippen LogP contribution in [-0.4, -0.2) is 16.0 Å². The first-order valence-corrected chi connectivity index (χ1v) is 5.71. The summed E-state index contributed by atoms with van der Waals surface area (Å²) >= 11 is 0. The number of hydrogen-bond donors (Lipinski definition) is 1. The Bertz CT molecular complexity index is 418. The fourth-order valence-electron chi connectivity index (χ4n) is 1.95. The smallest absolute Gasteiger partial charge is 0.224 e. The highest BCUT2D eigenvalue weighted by molar-refractivity contribution is 5.33. The second kappa shape index (κ2) is 4.48. The molecular weight excluding hydrogens is 200 g/mol. The quantitative estimate of drug-likeness (QED) is 0.841. The molecule has 0 bridgehead atoms. The van der Waals surface area contributed by atoms with E-state index in [0.717, 1.165) is 11.6 Å². The van der Waals surface area contributed by atoms with Gasteiger partial charge in [-0.1, -0.05) is 6.42 Å². The molecule has 0 aliphatic heterocycles. The number of anilines is 1. The van der Waals surface area contributed by atoms with E-state index in [1.165, 1.54) is 19.3 Å². The lowest BCUT2D eigenvalue weighted by molar-refractivity contribution is 0.284. The van der Waals surface area contributed by atoms with E-state index < -0.39 is 0 Å². The zero-order chi connectivity index (χ0) is 11.5. The van der Waals surface area contributed by atoms with Crippen molar-refractivity contribution in [1.29, 1.82) is 5.26 Å². The lowest BCUT2D eigenvalue weighted by Crippen LogP contribution is -2.31. The molecule has 0 saturated heterocycles. The lowest BCUT2D eigenvalue weighted by Gasteiger charge is -2.31. The van der Waals surface area contributed by atoms with Crippen LogP contribution in [-0.2, 0) is 0 Å². The van der Waals surface area contributed by atoms with E-state index in [-0.39, 0.29) is 0 Å². The van der Waals surface area contributed by atoms with Crippen molar-refractivity contribution in [2.45, 2.75) is 39.2 Å². The second-order valence-electron chi connectivity index (χ2n) is 4.45. The van der Waals surface area contributed by atoms with Gasteiger partial charge in [0.25, 0.3) is 0 Å². The number of rotatable bonds is 3. The van der Waals surface area contributed by atoms with E-state index in [2.05, 4.69) is 22.2 Å². The summed E-state index contributed by atoms with van der Waals surface area (Å²) in [6.07, 6.45) is 3.89. The molecular formula is C12H16N4. The van der Waals surface area contributed by atoms with Crippen molar-refractivity contribution in [2.75, 3.05) is 5.32 Å². The van der Waals surface area contributed by atoms with Crippen LogP contribution in [0.1, 0.15) is 37.6 Å². The molecule has 0 spiro atoms. The van der Waals surface area contributed by atoms with Crippen LogP contribution in [0.2, 0.25) is 0 Å². The molecule has 1 aromatic heterocycles. The predicted molar refractivity (Wildman–Crippen MR) is 61.9 cm³/mol. The van der Waals surface area contributed by atoms with Gasteiger partial charge in [0.15, 0.2) is 0 Å². The number of nitrogens with zero attached hydrogens (tertiary/aromatic N) is 3. The Morgan fingerprint density at radius 3 is 2.81 bits per heavy atom. The summed E-state index contributed by atoms with van der Waals surface area (Å²) in [5, 5.41) is 12.1. The molecule has 1 unspecified atom stereocenters. The number of aromatic nitrogens is 2. The van der Waals surface area contributed by atoms with E-state index >= 15 is 0 Å². The van der Waals surface area contributed by atoms with Gasteiger partial charge in [-0.05, 0) is 38.7 Å². The van der Waals surface area contributed by atoms with Gasteiger partial charge in [-0.3, -0.25) is 0 Å². The molecule has 1 atom stereocenters. The van der Waals surface area contributed by atoms with Crippen LogP contribution in [0.15, 0.2) is 6.07 Å². The normalized spacial score (nSPS) is 17.3. The molecule has 2 rings (SSSR count). The molecule has 0 radical (unpaired) electrons. The zero-order valence-corrected chi connectivity index (χ0v) is 9.70. The summed E-state index contributed by atoms with van der Waals surface area (Å²) in [6, 6.07) is 4.13. The van der Waals surface area contributed by atoms with Gasteiger partial charge >= 0.3 is 0 Å². The number of hydrogen-bond acceptors (Lipinski definition) is 4. The Morgan fingerprint density at radius 1 is 1.50 bits per heavy atom. The van der Waals surface area contributed by atoms with Crippen molar-refractivity contribution in [3.8, 4) is 6.07 Å². The Kier molecular flexibility index (Phi) is 3.04. The molecule has 1 N–H and O–H groups in total. The van der Waals surface area contributed by atoms with E-state index in [9.17, 15) is 0 Å². The maximum Gasteiger partial charge on any atom is 0.224 e. The molecule has 16 heavy (non-hydrogen) atoms. The first-order valence-electron chi connectivity index (χ1n) is 5.71. The lowest BCUT2D eigenvalue weighted by atomic mass is 9.80. The maximum atomic E-state index is 8.82. The van der Waals surface area contributed by atoms with Crippen molar-refractivity contribution >= 4 is 5.95 Å². The third-order valence-corrected chi connectivity index (χ3v) is 3.18. The van der Waals surface area contributed by atoms with Gasteiger partial charge in [-0.2, -0.15) is 5.26 Å². The molecule has 4 nitrogen and oxygen atoms in total. The maximum absolute atomic E-state index is 8.82. The summed E-state index contributed by atoms with van der Waals surface area (Å²) in [4.78, 5) is 8.44.